The van der Waals surface area contributed by atoms with Crippen LogP contribution in [-0.4, -0.2) is 40.2 Å². The molecule has 18 heavy (non-hydrogen) atoms. The van der Waals surface area contributed by atoms with E-state index in [-0.39, 0.29) is 12.3 Å². The van der Waals surface area contributed by atoms with E-state index in [0.717, 1.165) is 5.69 Å². The molecule has 1 aromatic heterocycles. The van der Waals surface area contributed by atoms with Gasteiger partial charge < -0.3 is 20.4 Å². The summed E-state index contributed by atoms with van der Waals surface area (Å²) in [7, 11) is 0. The second-order valence-corrected chi connectivity index (χ2v) is 4.11. The first kappa shape index (κ1) is 10.9. The predicted molar refractivity (Wildman–Crippen MR) is 61.5 cm³/mol. The fourth-order valence-electron chi connectivity index (χ4n) is 1.80. The summed E-state index contributed by atoms with van der Waals surface area (Å²) < 4.78 is 7.44. The van der Waals surface area contributed by atoms with E-state index in [2.05, 4.69) is 15.3 Å². The summed E-state index contributed by atoms with van der Waals surface area (Å²) in [6, 6.07) is -1.51. The number of rotatable bonds is 5. The molecule has 96 valence electrons. The zero-order chi connectivity index (χ0) is 13.8. The Hall–Kier alpha value is -2.18. The Bertz CT molecular complexity index is 476. The van der Waals surface area contributed by atoms with Gasteiger partial charge in [-0.1, -0.05) is 0 Å². The van der Waals surface area contributed by atoms with Gasteiger partial charge in [-0.3, -0.25) is 9.59 Å². The number of carbonyl (C=O) groups excluding carboxylic acids is 3. The van der Waals surface area contributed by atoms with Gasteiger partial charge in [0.05, 0.1) is 12.4 Å². The van der Waals surface area contributed by atoms with E-state index in [4.69, 9.17) is 1.41 Å². The maximum absolute atomic E-state index is 11.9. The minimum atomic E-state index is -0.809. The molecule has 2 rings (SSSR count). The van der Waals surface area contributed by atoms with Crippen molar-refractivity contribution >= 4 is 18.1 Å². The number of H-pyrrole nitrogens is 1. The first-order chi connectivity index (χ1) is 9.11. The molecular formula is C11H14N4O3. The molecule has 3 N–H and O–H groups in total. The molecule has 7 heteroatoms. The average molecular weight is 252 g/mol. The van der Waals surface area contributed by atoms with Crippen LogP contribution in [0.3, 0.4) is 0 Å². The Kier molecular flexibility index (Phi) is 3.30. The Morgan fingerprint density at radius 3 is 3.17 bits per heavy atom. The van der Waals surface area contributed by atoms with Crippen molar-refractivity contribution in [2.75, 3.05) is 0 Å². The van der Waals surface area contributed by atoms with Crippen molar-refractivity contribution in [3.05, 3.63) is 18.2 Å². The van der Waals surface area contributed by atoms with E-state index >= 15 is 0 Å². The molecule has 7 nitrogen and oxygen atoms in total. The zero-order valence-corrected chi connectivity index (χ0v) is 9.63. The molecule has 2 amide bonds. The predicted octanol–water partition coefficient (Wildman–Crippen LogP) is -1.09. The summed E-state index contributed by atoms with van der Waals surface area (Å²) >= 11 is 0. The number of hydrogen-bond acceptors (Lipinski definition) is 4. The van der Waals surface area contributed by atoms with E-state index in [1.54, 1.807) is 6.20 Å². The Morgan fingerprint density at radius 2 is 2.61 bits per heavy atom. The average Bonchev–Trinajstić information content (AvgIpc) is 3.00. The molecule has 1 aromatic rings. The number of imidazole rings is 1. The van der Waals surface area contributed by atoms with Crippen molar-refractivity contribution < 1.29 is 15.8 Å². The van der Waals surface area contributed by atoms with Crippen LogP contribution < -0.4 is 10.6 Å². The largest absolute Gasteiger partial charge is 0.348 e. The summed E-state index contributed by atoms with van der Waals surface area (Å²) in [5.74, 6) is -0.853. The number of aromatic nitrogens is 2. The number of nitrogens with zero attached hydrogens (tertiary/aromatic N) is 1. The molecule has 2 heterocycles. The highest BCUT2D eigenvalue weighted by molar-refractivity contribution is 5.91. The summed E-state index contributed by atoms with van der Waals surface area (Å²) in [5, 5.41) is 3.20. The van der Waals surface area contributed by atoms with E-state index in [1.807, 2.05) is 0 Å². The van der Waals surface area contributed by atoms with Gasteiger partial charge in [0.2, 0.25) is 11.8 Å². The molecule has 0 saturated carbocycles. The molecule has 1 fully saturated rings. The number of carbonyl (C=O) groups is 3. The van der Waals surface area contributed by atoms with Gasteiger partial charge in [-0.25, -0.2) is 4.98 Å². The fourth-order valence-corrected chi connectivity index (χ4v) is 1.80. The van der Waals surface area contributed by atoms with Crippen molar-refractivity contribution in [1.29, 1.82) is 0 Å². The lowest BCUT2D eigenvalue weighted by Gasteiger charge is -2.15. The highest BCUT2D eigenvalue weighted by Crippen LogP contribution is 2.07. The SMILES string of the molecule is [3H]N1C(=O)CC[C@H]1C(=O)N[C@H](C=O)Cc1cnc[nH]1. The fraction of sp³-hybridized carbons (Fsp3) is 0.455. The third kappa shape index (κ3) is 2.93. The minimum Gasteiger partial charge on any atom is -0.348 e. The first-order valence-corrected chi connectivity index (χ1v) is 5.65. The summed E-state index contributed by atoms with van der Waals surface area (Å²) in [6.07, 6.45) is 4.48. The van der Waals surface area contributed by atoms with E-state index in [9.17, 15) is 14.4 Å². The van der Waals surface area contributed by atoms with Crippen molar-refractivity contribution in [1.82, 2.24) is 20.6 Å². The second kappa shape index (κ2) is 5.44. The standard InChI is InChI=1S/C11H14N4O3/c16-5-8(3-7-4-12-6-13-7)14-11(18)9-1-2-10(17)15-9/h4-6,8-9H,1-3H2,(H,12,13)(H,14,18)(H,15,17)/t8-,9-/m0/s1/i/hT. The molecule has 2 atom stereocenters. The second-order valence-electron chi connectivity index (χ2n) is 4.11. The maximum atomic E-state index is 11.9. The van der Waals surface area contributed by atoms with Gasteiger partial charge >= 0.3 is 0 Å². The lowest BCUT2D eigenvalue weighted by Crippen LogP contribution is -2.47. The Balaban J connectivity index is 1.93. The van der Waals surface area contributed by atoms with Crippen LogP contribution >= 0.6 is 0 Å². The Morgan fingerprint density at radius 1 is 1.78 bits per heavy atom. The van der Waals surface area contributed by atoms with Gasteiger partial charge in [-0.05, 0) is 6.42 Å². The number of aromatic amines is 1. The summed E-state index contributed by atoms with van der Waals surface area (Å²) in [5.41, 5.74) is 0.725. The Labute approximate surface area is 105 Å². The van der Waals surface area contributed by atoms with Gasteiger partial charge in [0.25, 0.3) is 0 Å². The third-order valence-electron chi connectivity index (χ3n) is 2.72. The van der Waals surface area contributed by atoms with Gasteiger partial charge in [0.1, 0.15) is 12.3 Å². The number of amides is 2. The third-order valence-corrected chi connectivity index (χ3v) is 2.72. The van der Waals surface area contributed by atoms with E-state index in [0.29, 0.717) is 24.4 Å². The van der Waals surface area contributed by atoms with E-state index in [1.165, 1.54) is 6.33 Å². The van der Waals surface area contributed by atoms with Gasteiger partial charge in [0.15, 0.2) is 1.41 Å². The maximum Gasteiger partial charge on any atom is 0.243 e. The van der Waals surface area contributed by atoms with Crippen LogP contribution in [0.5, 0.6) is 0 Å². The van der Waals surface area contributed by atoms with Crippen LogP contribution in [0.25, 0.3) is 0 Å². The normalized spacial score (nSPS) is 21.6. The molecule has 0 spiro atoms. The van der Waals surface area contributed by atoms with Crippen molar-refractivity contribution in [2.45, 2.75) is 31.3 Å². The molecule has 1 saturated heterocycles. The molecule has 0 bridgehead atoms. The molecule has 0 aliphatic carbocycles. The summed E-state index contributed by atoms with van der Waals surface area (Å²) in [6.45, 7) is 0. The monoisotopic (exact) mass is 252 g/mol. The smallest absolute Gasteiger partial charge is 0.243 e. The number of hydrogen-bond donors (Lipinski definition) is 3. The van der Waals surface area contributed by atoms with Crippen LogP contribution in [0.2, 0.25) is 1.41 Å². The van der Waals surface area contributed by atoms with Crippen LogP contribution in [0.4, 0.5) is 0 Å². The van der Waals surface area contributed by atoms with Gasteiger partial charge in [-0.15, -0.1) is 0 Å². The lowest BCUT2D eigenvalue weighted by molar-refractivity contribution is -0.127. The molecule has 1 aliphatic rings. The van der Waals surface area contributed by atoms with Crippen molar-refractivity contribution in [3.8, 4) is 0 Å². The number of nitrogens with one attached hydrogen (secondary N) is 3. The van der Waals surface area contributed by atoms with Crippen LogP contribution in [0.1, 0.15) is 18.5 Å². The molecular weight excluding hydrogens is 236 g/mol. The van der Waals surface area contributed by atoms with E-state index < -0.39 is 18.0 Å². The number of aldehydes is 1. The highest BCUT2D eigenvalue weighted by atomic mass is 16.2. The molecule has 0 radical (unpaired) electrons. The quantitative estimate of drug-likeness (QED) is 0.579. The van der Waals surface area contributed by atoms with Crippen LogP contribution in [0.15, 0.2) is 12.5 Å². The minimum absolute atomic E-state index is 0.188. The zero-order valence-electron chi connectivity index (χ0n) is 10.6. The highest BCUT2D eigenvalue weighted by Gasteiger charge is 2.28. The van der Waals surface area contributed by atoms with Gasteiger partial charge in [-0.2, -0.15) is 0 Å². The molecule has 0 unspecified atom stereocenters. The topological polar surface area (TPSA) is 104 Å². The van der Waals surface area contributed by atoms with Crippen molar-refractivity contribution in [3.63, 3.8) is 0 Å². The molecule has 1 aliphatic heterocycles. The van der Waals surface area contributed by atoms with Crippen LogP contribution in [0, 0.1) is 0 Å². The van der Waals surface area contributed by atoms with Crippen molar-refractivity contribution in [2.24, 2.45) is 0 Å². The van der Waals surface area contributed by atoms with Gasteiger partial charge in [0, 0.05) is 24.7 Å². The lowest BCUT2D eigenvalue weighted by atomic mass is 10.1. The molecule has 0 aromatic carbocycles. The van der Waals surface area contributed by atoms with Crippen LogP contribution in [-0.2, 0) is 20.8 Å². The summed E-state index contributed by atoms with van der Waals surface area (Å²) in [4.78, 5) is 40.7. The first-order valence-electron chi connectivity index (χ1n) is 6.10.